The topological polar surface area (TPSA) is 144 Å². The zero-order valence-electron chi connectivity index (χ0n) is 27.3. The summed E-state index contributed by atoms with van der Waals surface area (Å²) in [5.74, 6) is -5.98. The molecule has 0 aromatic heterocycles. The Kier molecular flexibility index (Phi) is 8.39. The van der Waals surface area contributed by atoms with Gasteiger partial charge in [0.2, 0.25) is 0 Å². The standard InChI is InChI=1S/C40H25Cl2N3O8/c41-23-13-18-30(31(42)19-23)40(50)53-25-16-11-21(12-17-25)32(46)20-43(37(47)22-9-14-24(15-10-22)45(51)52)44-38(48)35-33-26-5-1-2-6-27(26)34(36(35)39(44)49)29-8-4-3-7-28(29)33/h1-19,33-36H,20H2/t33?,34?,35-,36+. The third-order valence-corrected chi connectivity index (χ3v) is 10.6. The highest BCUT2D eigenvalue weighted by molar-refractivity contribution is 6.36. The minimum absolute atomic E-state index is 0.0727. The van der Waals surface area contributed by atoms with Crippen LogP contribution in [0.2, 0.25) is 10.0 Å². The van der Waals surface area contributed by atoms with Crippen molar-refractivity contribution in [2.24, 2.45) is 11.8 Å². The van der Waals surface area contributed by atoms with Crippen LogP contribution >= 0.6 is 23.2 Å². The van der Waals surface area contributed by atoms with Crippen LogP contribution in [0, 0.1) is 22.0 Å². The molecule has 5 aromatic rings. The fourth-order valence-electron chi connectivity index (χ4n) is 7.76. The van der Waals surface area contributed by atoms with Gasteiger partial charge in [-0.25, -0.2) is 9.80 Å². The molecule has 5 aromatic carbocycles. The van der Waals surface area contributed by atoms with Gasteiger partial charge in [0, 0.05) is 40.1 Å². The van der Waals surface area contributed by atoms with Crippen molar-refractivity contribution < 1.29 is 33.6 Å². The van der Waals surface area contributed by atoms with Gasteiger partial charge in [0.1, 0.15) is 12.3 Å². The number of hydrazine groups is 1. The van der Waals surface area contributed by atoms with E-state index in [1.54, 1.807) is 0 Å². The van der Waals surface area contributed by atoms with Crippen molar-refractivity contribution in [2.75, 3.05) is 6.54 Å². The number of esters is 1. The van der Waals surface area contributed by atoms with Crippen molar-refractivity contribution in [1.82, 2.24) is 10.0 Å². The van der Waals surface area contributed by atoms with E-state index in [0.29, 0.717) is 5.02 Å². The second-order valence-corrected chi connectivity index (χ2v) is 13.7. The molecule has 11 nitrogen and oxygen atoms in total. The van der Waals surface area contributed by atoms with Gasteiger partial charge in [-0.2, -0.15) is 5.01 Å². The molecular formula is C40H25Cl2N3O8. The summed E-state index contributed by atoms with van der Waals surface area (Å²) in [6.45, 7) is -0.721. The molecule has 0 saturated carbocycles. The number of nitrogens with zero attached hydrogens (tertiary/aromatic N) is 3. The lowest BCUT2D eigenvalue weighted by atomic mass is 9.55. The Labute approximate surface area is 311 Å². The van der Waals surface area contributed by atoms with E-state index in [4.69, 9.17) is 27.9 Å². The Morgan fingerprint density at radius 1 is 0.717 bits per heavy atom. The van der Waals surface area contributed by atoms with Crippen molar-refractivity contribution in [1.29, 1.82) is 0 Å². The highest BCUT2D eigenvalue weighted by Crippen LogP contribution is 2.61. The van der Waals surface area contributed by atoms with Crippen LogP contribution in [0.1, 0.15) is 65.2 Å². The van der Waals surface area contributed by atoms with E-state index >= 15 is 0 Å². The Morgan fingerprint density at radius 2 is 1.23 bits per heavy atom. The number of carbonyl (C=O) groups is 5. The molecule has 0 N–H and O–H groups in total. The van der Waals surface area contributed by atoms with E-state index in [1.807, 2.05) is 48.5 Å². The number of halogens is 2. The molecule has 53 heavy (non-hydrogen) atoms. The van der Waals surface area contributed by atoms with Crippen LogP contribution in [-0.2, 0) is 9.59 Å². The molecule has 1 heterocycles. The molecule has 1 fully saturated rings. The number of carbonyl (C=O) groups excluding carboxylic acids is 5. The first kappa shape index (κ1) is 33.9. The lowest BCUT2D eigenvalue weighted by Crippen LogP contribution is -2.52. The predicted octanol–water partition coefficient (Wildman–Crippen LogP) is 7.25. The minimum Gasteiger partial charge on any atom is -0.423 e. The second-order valence-electron chi connectivity index (χ2n) is 12.9. The molecular weight excluding hydrogens is 721 g/mol. The molecule has 13 heteroatoms. The van der Waals surface area contributed by atoms with Crippen LogP contribution in [0.25, 0.3) is 0 Å². The average Bonchev–Trinajstić information content (AvgIpc) is 3.43. The Hall–Kier alpha value is -6.17. The van der Waals surface area contributed by atoms with Crippen LogP contribution in [0.15, 0.2) is 115 Å². The first-order chi connectivity index (χ1) is 25.5. The van der Waals surface area contributed by atoms with Crippen molar-refractivity contribution in [3.8, 4) is 5.75 Å². The number of non-ortho nitro benzene ring substituents is 1. The number of ketones is 1. The number of ether oxygens (including phenoxy) is 1. The highest BCUT2D eigenvalue weighted by Gasteiger charge is 2.63. The van der Waals surface area contributed by atoms with Gasteiger partial charge in [-0.3, -0.25) is 29.3 Å². The van der Waals surface area contributed by atoms with Crippen LogP contribution in [0.4, 0.5) is 5.69 Å². The van der Waals surface area contributed by atoms with E-state index in [0.717, 1.165) is 44.4 Å². The Bertz CT molecular complexity index is 2280. The largest absolute Gasteiger partial charge is 0.423 e. The number of nitro groups is 1. The first-order valence-electron chi connectivity index (χ1n) is 16.5. The van der Waals surface area contributed by atoms with Gasteiger partial charge in [0.15, 0.2) is 5.78 Å². The fraction of sp³-hybridized carbons (Fsp3) is 0.125. The monoisotopic (exact) mass is 745 g/mol. The third-order valence-electron chi connectivity index (χ3n) is 10.1. The average molecular weight is 747 g/mol. The molecule has 3 aliphatic carbocycles. The normalized spacial score (nSPS) is 19.2. The molecule has 4 aliphatic rings. The smallest absolute Gasteiger partial charge is 0.345 e. The van der Waals surface area contributed by atoms with Gasteiger partial charge in [-0.1, -0.05) is 71.7 Å². The van der Waals surface area contributed by atoms with Crippen molar-refractivity contribution in [3.05, 3.63) is 174 Å². The molecule has 0 radical (unpaired) electrons. The molecule has 262 valence electrons. The van der Waals surface area contributed by atoms with Crippen LogP contribution in [0.5, 0.6) is 5.75 Å². The van der Waals surface area contributed by atoms with Gasteiger partial charge in [0.25, 0.3) is 23.4 Å². The molecule has 3 amide bonds. The second kappa shape index (κ2) is 13.1. The molecule has 2 atom stereocenters. The Balaban J connectivity index is 1.12. The third kappa shape index (κ3) is 5.65. The quantitative estimate of drug-likeness (QED) is 0.0403. The number of imide groups is 1. The van der Waals surface area contributed by atoms with Gasteiger partial charge >= 0.3 is 5.97 Å². The number of benzene rings is 5. The van der Waals surface area contributed by atoms with Crippen LogP contribution in [-0.4, -0.2) is 51.0 Å². The van der Waals surface area contributed by atoms with E-state index in [-0.39, 0.29) is 33.1 Å². The first-order valence-corrected chi connectivity index (χ1v) is 17.2. The zero-order chi connectivity index (χ0) is 37.1. The SMILES string of the molecule is O=C(CN(C(=O)c1ccc([N+](=O)[O-])cc1)N1C(=O)[C@@H]2C3c4ccccc4C(c4ccccc43)[C@@H]2C1=O)c1ccc(OC(=O)c2ccc(Cl)cc2Cl)cc1. The van der Waals surface area contributed by atoms with Gasteiger partial charge in [-0.05, 0) is 76.9 Å². The molecule has 2 bridgehead atoms. The summed E-state index contributed by atoms with van der Waals surface area (Å²) in [5.41, 5.74) is 3.57. The maximum absolute atomic E-state index is 14.6. The number of Topliss-reactive ketones (excluding diaryl/α,β-unsaturated/α-hetero) is 1. The summed E-state index contributed by atoms with van der Waals surface area (Å²) in [5, 5.41) is 13.4. The van der Waals surface area contributed by atoms with Gasteiger partial charge in [0.05, 0.1) is 27.3 Å². The number of amides is 3. The zero-order valence-corrected chi connectivity index (χ0v) is 28.9. The molecule has 1 aliphatic heterocycles. The van der Waals surface area contributed by atoms with E-state index in [2.05, 4.69) is 0 Å². The summed E-state index contributed by atoms with van der Waals surface area (Å²) in [7, 11) is 0. The van der Waals surface area contributed by atoms with E-state index in [9.17, 15) is 34.1 Å². The lowest BCUT2D eigenvalue weighted by Gasteiger charge is -2.45. The summed E-state index contributed by atoms with van der Waals surface area (Å²) in [6.07, 6.45) is 0. The van der Waals surface area contributed by atoms with Crippen molar-refractivity contribution in [3.63, 3.8) is 0 Å². The molecule has 0 spiro atoms. The molecule has 9 rings (SSSR count). The summed E-state index contributed by atoms with van der Waals surface area (Å²) < 4.78 is 5.41. The number of rotatable bonds is 8. The Morgan fingerprint density at radius 3 is 1.72 bits per heavy atom. The predicted molar refractivity (Wildman–Crippen MR) is 192 cm³/mol. The number of hydrogen-bond acceptors (Lipinski definition) is 8. The summed E-state index contributed by atoms with van der Waals surface area (Å²) in [4.78, 5) is 80.6. The summed E-state index contributed by atoms with van der Waals surface area (Å²) in [6, 6.07) is 29.9. The van der Waals surface area contributed by atoms with Crippen LogP contribution in [0.3, 0.4) is 0 Å². The number of hydrogen-bond donors (Lipinski definition) is 0. The van der Waals surface area contributed by atoms with E-state index < -0.39 is 64.6 Å². The number of nitro benzene ring substituents is 1. The lowest BCUT2D eigenvalue weighted by molar-refractivity contribution is -0.384. The van der Waals surface area contributed by atoms with Crippen molar-refractivity contribution in [2.45, 2.75) is 11.8 Å². The molecule has 0 unspecified atom stereocenters. The molecule has 1 saturated heterocycles. The van der Waals surface area contributed by atoms with Gasteiger partial charge in [-0.15, -0.1) is 0 Å². The highest BCUT2D eigenvalue weighted by atomic mass is 35.5. The van der Waals surface area contributed by atoms with Gasteiger partial charge < -0.3 is 4.74 Å². The van der Waals surface area contributed by atoms with Crippen LogP contribution < -0.4 is 4.74 Å². The van der Waals surface area contributed by atoms with E-state index in [1.165, 1.54) is 54.6 Å². The minimum atomic E-state index is -0.874. The summed E-state index contributed by atoms with van der Waals surface area (Å²) >= 11 is 12.1. The maximum Gasteiger partial charge on any atom is 0.345 e. The maximum atomic E-state index is 14.6. The fourth-order valence-corrected chi connectivity index (χ4v) is 8.25. The van der Waals surface area contributed by atoms with Crippen molar-refractivity contribution >= 4 is 58.4 Å².